The van der Waals surface area contributed by atoms with Crippen LogP contribution in [0.25, 0.3) is 0 Å². The average Bonchev–Trinajstić information content (AvgIpc) is 2.57. The largest absolute Gasteiger partial charge is 0.315 e. The fourth-order valence-corrected chi connectivity index (χ4v) is 3.69. The molecule has 1 aliphatic carbocycles. The number of allylic oxidation sites excluding steroid dienone is 4. The molecule has 0 bridgehead atoms. The average molecular weight is 360 g/mol. The highest BCUT2D eigenvalue weighted by Gasteiger charge is 2.30. The van der Waals surface area contributed by atoms with Crippen molar-refractivity contribution in [2.75, 3.05) is 6.54 Å². The maximum absolute atomic E-state index is 12.3. The summed E-state index contributed by atoms with van der Waals surface area (Å²) in [6.45, 7) is 11.6. The van der Waals surface area contributed by atoms with E-state index in [2.05, 4.69) is 33.8 Å². The van der Waals surface area contributed by atoms with E-state index in [4.69, 9.17) is 5.84 Å². The lowest BCUT2D eigenvalue weighted by Crippen LogP contribution is -2.38. The Morgan fingerprint density at radius 1 is 1.31 bits per heavy atom. The Morgan fingerprint density at radius 3 is 2.54 bits per heavy atom. The van der Waals surface area contributed by atoms with Crippen molar-refractivity contribution in [1.82, 2.24) is 5.01 Å². The lowest BCUT2D eigenvalue weighted by Gasteiger charge is -2.36. The molecule has 0 heterocycles. The molecule has 0 fully saturated rings. The number of ketones is 1. The fraction of sp³-hybridized carbons (Fsp3) is 0.727. The van der Waals surface area contributed by atoms with Crippen LogP contribution in [0.5, 0.6) is 0 Å². The predicted octanol–water partition coefficient (Wildman–Crippen LogP) is 5.27. The van der Waals surface area contributed by atoms with Crippen molar-refractivity contribution in [3.05, 3.63) is 22.9 Å². The summed E-state index contributed by atoms with van der Waals surface area (Å²) in [5, 5.41) is 11.4. The molecule has 2 N–H and O–H groups in total. The third-order valence-corrected chi connectivity index (χ3v) is 5.23. The Labute approximate surface area is 160 Å². The molecule has 4 heteroatoms. The monoisotopic (exact) mass is 359 g/mol. The van der Waals surface area contributed by atoms with Crippen LogP contribution in [-0.4, -0.2) is 17.3 Å². The van der Waals surface area contributed by atoms with Gasteiger partial charge >= 0.3 is 0 Å². The van der Waals surface area contributed by atoms with Crippen LogP contribution in [0.1, 0.15) is 86.0 Å². The smallest absolute Gasteiger partial charge is 0.173 e. The van der Waals surface area contributed by atoms with E-state index in [9.17, 15) is 10.1 Å². The second-order valence-corrected chi connectivity index (χ2v) is 8.41. The molecule has 1 atom stereocenters. The van der Waals surface area contributed by atoms with E-state index in [0.29, 0.717) is 17.9 Å². The zero-order valence-electron chi connectivity index (χ0n) is 17.4. The quantitative estimate of drug-likeness (QED) is 0.249. The molecule has 0 aromatic heterocycles. The van der Waals surface area contributed by atoms with Crippen LogP contribution in [0.2, 0.25) is 0 Å². The minimum atomic E-state index is -0.0451. The first kappa shape index (κ1) is 22.4. The van der Waals surface area contributed by atoms with Gasteiger partial charge in [0.2, 0.25) is 0 Å². The van der Waals surface area contributed by atoms with Gasteiger partial charge in [0.15, 0.2) is 5.78 Å². The van der Waals surface area contributed by atoms with Gasteiger partial charge in [-0.25, -0.2) is 5.84 Å². The maximum Gasteiger partial charge on any atom is 0.173 e. The highest BCUT2D eigenvalue weighted by Crippen LogP contribution is 2.40. The highest BCUT2D eigenvalue weighted by molar-refractivity contribution is 6.00. The van der Waals surface area contributed by atoms with Crippen LogP contribution in [-0.2, 0) is 4.79 Å². The molecule has 0 radical (unpaired) electrons. The van der Waals surface area contributed by atoms with E-state index in [1.54, 1.807) is 0 Å². The van der Waals surface area contributed by atoms with Gasteiger partial charge < -0.3 is 5.01 Å². The van der Waals surface area contributed by atoms with E-state index < -0.39 is 0 Å². The summed E-state index contributed by atoms with van der Waals surface area (Å²) in [4.78, 5) is 12.3. The molecule has 1 rings (SSSR count). The fourth-order valence-electron chi connectivity index (χ4n) is 3.69. The summed E-state index contributed by atoms with van der Waals surface area (Å²) in [6, 6.07) is 2.16. The SMILES string of the molecule is CCCCC(CC)CN(N)C1=C/C(=C(/C#N)C(=O)CCC)CC(C)(C)C1. The number of rotatable bonds is 10. The highest BCUT2D eigenvalue weighted by atomic mass is 16.1. The maximum atomic E-state index is 12.3. The molecule has 26 heavy (non-hydrogen) atoms. The molecule has 1 aliphatic rings. The zero-order valence-corrected chi connectivity index (χ0v) is 17.4. The van der Waals surface area contributed by atoms with Crippen LogP contribution in [0.15, 0.2) is 22.9 Å². The van der Waals surface area contributed by atoms with Gasteiger partial charge in [-0.1, -0.05) is 53.9 Å². The van der Waals surface area contributed by atoms with Crippen molar-refractivity contribution in [3.63, 3.8) is 0 Å². The second kappa shape index (κ2) is 10.5. The Balaban J connectivity index is 3.10. The number of Topliss-reactive ketones (excluding diaryl/α,β-unsaturated/α-hetero) is 1. The lowest BCUT2D eigenvalue weighted by atomic mass is 9.75. The number of nitrogens with zero attached hydrogens (tertiary/aromatic N) is 2. The van der Waals surface area contributed by atoms with Crippen molar-refractivity contribution < 1.29 is 4.79 Å². The van der Waals surface area contributed by atoms with Gasteiger partial charge in [0.05, 0.1) is 5.57 Å². The molecule has 1 unspecified atom stereocenters. The van der Waals surface area contributed by atoms with E-state index in [1.807, 2.05) is 18.0 Å². The van der Waals surface area contributed by atoms with Crippen LogP contribution in [0.4, 0.5) is 0 Å². The van der Waals surface area contributed by atoms with Crippen molar-refractivity contribution in [3.8, 4) is 6.07 Å². The first-order chi connectivity index (χ1) is 12.3. The molecular formula is C22H37N3O. The molecule has 0 saturated heterocycles. The van der Waals surface area contributed by atoms with Gasteiger partial charge in [0.1, 0.15) is 6.07 Å². The Morgan fingerprint density at radius 2 is 2.00 bits per heavy atom. The number of hydrazine groups is 1. The van der Waals surface area contributed by atoms with E-state index in [-0.39, 0.29) is 11.2 Å². The first-order valence-electron chi connectivity index (χ1n) is 10.2. The number of hydrogen-bond acceptors (Lipinski definition) is 4. The van der Waals surface area contributed by atoms with E-state index in [1.165, 1.54) is 19.3 Å². The van der Waals surface area contributed by atoms with Crippen molar-refractivity contribution in [2.24, 2.45) is 17.2 Å². The minimum absolute atomic E-state index is 0.00321. The molecule has 0 aromatic carbocycles. The van der Waals surface area contributed by atoms with Crippen molar-refractivity contribution >= 4 is 5.78 Å². The Kier molecular flexibility index (Phi) is 9.08. The van der Waals surface area contributed by atoms with Gasteiger partial charge in [0.25, 0.3) is 0 Å². The second-order valence-electron chi connectivity index (χ2n) is 8.41. The van der Waals surface area contributed by atoms with E-state index in [0.717, 1.165) is 43.5 Å². The van der Waals surface area contributed by atoms with Gasteiger partial charge in [-0.2, -0.15) is 5.26 Å². The lowest BCUT2D eigenvalue weighted by molar-refractivity contribution is -0.115. The summed E-state index contributed by atoms with van der Waals surface area (Å²) in [6.07, 6.45) is 9.55. The zero-order chi connectivity index (χ0) is 19.7. The van der Waals surface area contributed by atoms with Gasteiger partial charge in [-0.05, 0) is 48.7 Å². The van der Waals surface area contributed by atoms with Gasteiger partial charge in [-0.15, -0.1) is 0 Å². The summed E-state index contributed by atoms with van der Waals surface area (Å²) in [5.41, 5.74) is 2.22. The van der Waals surface area contributed by atoms with Gasteiger partial charge in [-0.3, -0.25) is 4.79 Å². The van der Waals surface area contributed by atoms with E-state index >= 15 is 0 Å². The molecule has 0 aliphatic heterocycles. The normalized spacial score (nSPS) is 19.3. The number of nitrogens with two attached hydrogens (primary N) is 1. The third-order valence-electron chi connectivity index (χ3n) is 5.23. The number of unbranched alkanes of at least 4 members (excludes halogenated alkanes) is 1. The first-order valence-corrected chi connectivity index (χ1v) is 10.2. The van der Waals surface area contributed by atoms with Crippen LogP contribution >= 0.6 is 0 Å². The molecule has 146 valence electrons. The number of carbonyl (C=O) groups excluding carboxylic acids is 1. The molecule has 0 aromatic rings. The Bertz CT molecular complexity index is 581. The topological polar surface area (TPSA) is 70.1 Å². The number of hydrogen-bond donors (Lipinski definition) is 1. The molecule has 0 spiro atoms. The standard InChI is InChI=1S/C22H37N3O/c1-6-9-11-17(8-3)16-25(24)19-12-18(13-22(4,5)14-19)20(15-23)21(26)10-7-2/h12,17H,6-11,13-14,16,24H2,1-5H3/b20-18+. The summed E-state index contributed by atoms with van der Waals surface area (Å²) < 4.78 is 0. The number of nitriles is 1. The molecule has 0 saturated carbocycles. The Hall–Kier alpha value is -1.60. The minimum Gasteiger partial charge on any atom is -0.315 e. The van der Waals surface area contributed by atoms with Crippen LogP contribution < -0.4 is 5.84 Å². The third kappa shape index (κ3) is 6.61. The number of carbonyl (C=O) groups is 1. The summed E-state index contributed by atoms with van der Waals surface area (Å²) in [5.74, 6) is 6.96. The molecule has 4 nitrogen and oxygen atoms in total. The van der Waals surface area contributed by atoms with Gasteiger partial charge in [0, 0.05) is 18.7 Å². The molecule has 0 amide bonds. The summed E-state index contributed by atoms with van der Waals surface area (Å²) >= 11 is 0. The van der Waals surface area contributed by atoms with Crippen LogP contribution in [0.3, 0.4) is 0 Å². The van der Waals surface area contributed by atoms with Crippen molar-refractivity contribution in [1.29, 1.82) is 5.26 Å². The molecular weight excluding hydrogens is 322 g/mol. The predicted molar refractivity (Wildman–Crippen MR) is 108 cm³/mol. The summed E-state index contributed by atoms with van der Waals surface area (Å²) in [7, 11) is 0. The van der Waals surface area contributed by atoms with Crippen LogP contribution in [0, 0.1) is 22.7 Å². The van der Waals surface area contributed by atoms with Crippen molar-refractivity contribution in [2.45, 2.75) is 86.0 Å².